The number of fused-ring (bicyclic) bond motifs is 3. The number of hydrogen-bond donors (Lipinski definition) is 0. The van der Waals surface area contributed by atoms with E-state index in [4.69, 9.17) is 46.9 Å². The van der Waals surface area contributed by atoms with E-state index in [2.05, 4.69) is 9.80 Å². The number of carbonyl (C=O) groups is 2. The van der Waals surface area contributed by atoms with Gasteiger partial charge in [0.15, 0.2) is 6.73 Å². The number of amides is 1. The molecule has 0 radical (unpaired) electrons. The summed E-state index contributed by atoms with van der Waals surface area (Å²) in [4.78, 5) is 32.3. The molecule has 4 heterocycles. The van der Waals surface area contributed by atoms with Crippen molar-refractivity contribution in [2.45, 2.75) is 37.6 Å². The predicted octanol–water partition coefficient (Wildman–Crippen LogP) is 5.79. The molecule has 2 atom stereocenters. The number of ether oxygens (including phenoxy) is 5. The van der Waals surface area contributed by atoms with Gasteiger partial charge < -0.3 is 38.4 Å². The normalized spacial score (nSPS) is 20.4. The van der Waals surface area contributed by atoms with Crippen molar-refractivity contribution in [1.82, 2.24) is 4.90 Å². The van der Waals surface area contributed by atoms with Crippen molar-refractivity contribution in [2.75, 3.05) is 64.2 Å². The molecule has 3 aromatic carbocycles. The van der Waals surface area contributed by atoms with E-state index in [0.29, 0.717) is 54.6 Å². The molecular weight excluding hydrogens is 652 g/mol. The molecule has 2 bridgehead atoms. The molecule has 0 N–H and O–H groups in total. The van der Waals surface area contributed by atoms with Crippen LogP contribution in [0.5, 0.6) is 11.5 Å². The van der Waals surface area contributed by atoms with Crippen molar-refractivity contribution < 1.29 is 37.7 Å². The highest BCUT2D eigenvalue weighted by atomic mass is 35.5. The molecule has 4 aliphatic rings. The van der Waals surface area contributed by atoms with E-state index >= 15 is 4.39 Å². The number of benzene rings is 3. The quantitative estimate of drug-likeness (QED) is 0.287. The second kappa shape index (κ2) is 12.7. The fourth-order valence-corrected chi connectivity index (χ4v) is 7.61. The van der Waals surface area contributed by atoms with Gasteiger partial charge in [-0.3, -0.25) is 4.79 Å². The number of anilines is 2. The Balaban J connectivity index is 1.23. The second-order valence-corrected chi connectivity index (χ2v) is 13.0. The predicted molar refractivity (Wildman–Crippen MR) is 175 cm³/mol. The average Bonchev–Trinajstić information content (AvgIpc) is 3.29. The van der Waals surface area contributed by atoms with Crippen molar-refractivity contribution >= 4 is 46.5 Å². The summed E-state index contributed by atoms with van der Waals surface area (Å²) >= 11 is 13.3. The van der Waals surface area contributed by atoms with E-state index in [1.165, 1.54) is 25.2 Å². The summed E-state index contributed by atoms with van der Waals surface area (Å²) < 4.78 is 44.0. The van der Waals surface area contributed by atoms with Crippen molar-refractivity contribution in [2.24, 2.45) is 0 Å². The van der Waals surface area contributed by atoms with E-state index in [0.717, 1.165) is 18.5 Å². The minimum atomic E-state index is -0.621. The monoisotopic (exact) mass is 685 g/mol. The molecule has 0 aromatic heterocycles. The molecule has 7 rings (SSSR count). The van der Waals surface area contributed by atoms with Crippen molar-refractivity contribution in [3.05, 3.63) is 69.0 Å². The van der Waals surface area contributed by atoms with Gasteiger partial charge in [0, 0.05) is 42.6 Å². The summed E-state index contributed by atoms with van der Waals surface area (Å²) in [5.74, 6) is -0.786. The number of methoxy groups -OCH3 is 3. The number of nitrogens with zero attached hydrogens (tertiary/aromatic N) is 3. The molecule has 3 aromatic rings. The van der Waals surface area contributed by atoms with Gasteiger partial charge >= 0.3 is 5.97 Å². The summed E-state index contributed by atoms with van der Waals surface area (Å²) in [6.07, 6.45) is 1.95. The van der Waals surface area contributed by atoms with Crippen LogP contribution in [-0.4, -0.2) is 89.3 Å². The van der Waals surface area contributed by atoms with E-state index in [1.54, 1.807) is 37.4 Å². The molecule has 0 aliphatic carbocycles. The summed E-state index contributed by atoms with van der Waals surface area (Å²) in [7, 11) is 4.47. The van der Waals surface area contributed by atoms with Crippen molar-refractivity contribution in [3.8, 4) is 22.6 Å². The zero-order valence-electron chi connectivity index (χ0n) is 26.2. The Morgan fingerprint density at radius 2 is 1.64 bits per heavy atom. The standard InChI is InChI=1S/C34H34Cl2FN3O7/c1-43-22-6-18-12-39(33(41)31-27(35)7-21(8-28(31)36)38-13-23(14-38)44-2)17-47-32(18)25(9-22)24-11-30(26(10-29(24)37)34(42)45-3)40-19-4-5-20(40)16-46-15-19/h6-11,19-20,23H,4-5,12-17H2,1-3H3. The number of morpholine rings is 1. The Hall–Kier alpha value is -3.77. The fraction of sp³-hybridized carbons (Fsp3) is 0.412. The molecule has 0 saturated carbocycles. The Morgan fingerprint density at radius 3 is 2.28 bits per heavy atom. The second-order valence-electron chi connectivity index (χ2n) is 12.2. The van der Waals surface area contributed by atoms with Crippen LogP contribution < -0.4 is 19.3 Å². The van der Waals surface area contributed by atoms with Crippen molar-refractivity contribution in [1.29, 1.82) is 0 Å². The van der Waals surface area contributed by atoms with Crippen LogP contribution in [-0.2, 0) is 20.8 Å². The van der Waals surface area contributed by atoms with Gasteiger partial charge in [0.25, 0.3) is 5.91 Å². The zero-order valence-corrected chi connectivity index (χ0v) is 27.7. The van der Waals surface area contributed by atoms with E-state index in [-0.39, 0.29) is 58.2 Å². The highest BCUT2D eigenvalue weighted by Crippen LogP contribution is 2.45. The molecule has 2 unspecified atom stereocenters. The van der Waals surface area contributed by atoms with Crippen molar-refractivity contribution in [3.63, 3.8) is 0 Å². The molecule has 248 valence electrons. The minimum absolute atomic E-state index is 0.0615. The molecule has 47 heavy (non-hydrogen) atoms. The SMILES string of the molecule is COC(=O)c1cc(F)c(-c2cc(OC)cc3c2OCN(C(=O)c2c(Cl)cc(N4CC(OC)C4)cc2Cl)C3)cc1N1C2CCC1COC2. The van der Waals surface area contributed by atoms with Crippen LogP contribution in [0.15, 0.2) is 36.4 Å². The first kappa shape index (κ1) is 31.8. The lowest BCUT2D eigenvalue weighted by Gasteiger charge is -2.40. The summed E-state index contributed by atoms with van der Waals surface area (Å²) in [6, 6.07) is 9.93. The molecule has 0 spiro atoms. The van der Waals surface area contributed by atoms with Crippen LogP contribution in [0.2, 0.25) is 10.0 Å². The van der Waals surface area contributed by atoms with Crippen LogP contribution in [0.3, 0.4) is 0 Å². The first-order chi connectivity index (χ1) is 22.7. The highest BCUT2D eigenvalue weighted by molar-refractivity contribution is 6.40. The Labute approximate surface area is 281 Å². The lowest BCUT2D eigenvalue weighted by atomic mass is 9.96. The first-order valence-corrected chi connectivity index (χ1v) is 16.1. The summed E-state index contributed by atoms with van der Waals surface area (Å²) in [6.45, 7) is 2.47. The van der Waals surface area contributed by atoms with Gasteiger partial charge in [-0.15, -0.1) is 0 Å². The smallest absolute Gasteiger partial charge is 0.340 e. The van der Waals surface area contributed by atoms with Gasteiger partial charge in [-0.25, -0.2) is 9.18 Å². The first-order valence-electron chi connectivity index (χ1n) is 15.4. The molecule has 13 heteroatoms. The van der Waals surface area contributed by atoms with Crippen LogP contribution in [0.1, 0.15) is 39.1 Å². The molecule has 3 saturated heterocycles. The van der Waals surface area contributed by atoms with Gasteiger partial charge in [0.2, 0.25) is 0 Å². The third-order valence-electron chi connectivity index (χ3n) is 9.47. The van der Waals surface area contributed by atoms with Gasteiger partial charge in [-0.2, -0.15) is 0 Å². The summed E-state index contributed by atoms with van der Waals surface area (Å²) in [5.41, 5.74) is 2.99. The zero-order chi connectivity index (χ0) is 33.0. The Kier molecular flexibility index (Phi) is 8.58. The maximum Gasteiger partial charge on any atom is 0.340 e. The topological polar surface area (TPSA) is 90.0 Å². The number of esters is 1. The molecule has 3 fully saturated rings. The Morgan fingerprint density at radius 1 is 0.936 bits per heavy atom. The molecule has 10 nitrogen and oxygen atoms in total. The summed E-state index contributed by atoms with van der Waals surface area (Å²) in [5, 5.41) is 0.459. The maximum absolute atomic E-state index is 16.0. The minimum Gasteiger partial charge on any atom is -0.497 e. The highest BCUT2D eigenvalue weighted by Gasteiger charge is 2.40. The Bertz CT molecular complexity index is 1710. The van der Waals surface area contributed by atoms with E-state index < -0.39 is 17.7 Å². The van der Waals surface area contributed by atoms with Gasteiger partial charge in [0.05, 0.1) is 79.0 Å². The van der Waals surface area contributed by atoms with E-state index in [9.17, 15) is 9.59 Å². The fourth-order valence-electron chi connectivity index (χ4n) is 6.97. The van der Waals surface area contributed by atoms with Gasteiger partial charge in [-0.05, 0) is 49.2 Å². The van der Waals surface area contributed by atoms with Gasteiger partial charge in [0.1, 0.15) is 17.3 Å². The maximum atomic E-state index is 16.0. The molecule has 4 aliphatic heterocycles. The third-order valence-corrected chi connectivity index (χ3v) is 10.1. The van der Waals surface area contributed by atoms with E-state index in [1.807, 2.05) is 0 Å². The number of halogens is 3. The van der Waals surface area contributed by atoms with Gasteiger partial charge in [-0.1, -0.05) is 23.2 Å². The largest absolute Gasteiger partial charge is 0.497 e. The number of rotatable bonds is 7. The third kappa shape index (κ3) is 5.62. The lowest BCUT2D eigenvalue weighted by Crippen LogP contribution is -2.51. The van der Waals surface area contributed by atoms with Crippen LogP contribution in [0.25, 0.3) is 11.1 Å². The molecule has 1 amide bonds. The van der Waals surface area contributed by atoms with Crippen LogP contribution in [0.4, 0.5) is 15.8 Å². The average molecular weight is 687 g/mol. The number of carbonyl (C=O) groups excluding carboxylic acids is 2. The van der Waals surface area contributed by atoms with Crippen LogP contribution in [0, 0.1) is 5.82 Å². The van der Waals surface area contributed by atoms with Crippen LogP contribution >= 0.6 is 23.2 Å². The lowest BCUT2D eigenvalue weighted by molar-refractivity contribution is 0.0515. The number of hydrogen-bond acceptors (Lipinski definition) is 9. The molecular formula is C34H34Cl2FN3O7.